The van der Waals surface area contributed by atoms with Crippen LogP contribution < -0.4 is 21.5 Å². The van der Waals surface area contributed by atoms with Gasteiger partial charge in [0, 0.05) is 22.6 Å². The van der Waals surface area contributed by atoms with Crippen LogP contribution in [0.25, 0.3) is 46.2 Å². The minimum atomic E-state index is -0.312. The Morgan fingerprint density at radius 1 is 0.594 bits per heavy atom. The third-order valence-electron chi connectivity index (χ3n) is 12.1. The van der Waals surface area contributed by atoms with Gasteiger partial charge in [-0.2, -0.15) is 0 Å². The van der Waals surface area contributed by atoms with E-state index in [-0.39, 0.29) is 5.41 Å². The second-order valence-electron chi connectivity index (χ2n) is 15.8. The number of rotatable bonds is 3. The first kappa shape index (κ1) is 43.0. The van der Waals surface area contributed by atoms with Crippen LogP contribution in [0.5, 0.6) is 0 Å². The first-order valence-electron chi connectivity index (χ1n) is 22.5. The molecule has 0 fully saturated rings. The molecule has 0 aromatic heterocycles. The molecule has 2 heteroatoms. The minimum Gasteiger partial charge on any atom is -0.399 e. The molecule has 0 radical (unpaired) electrons. The number of anilines is 3. The van der Waals surface area contributed by atoms with Crippen molar-refractivity contribution in [1.82, 2.24) is 0 Å². The zero-order chi connectivity index (χ0) is 44.3. The van der Waals surface area contributed by atoms with Gasteiger partial charge in [0.2, 0.25) is 0 Å². The normalized spacial score (nSPS) is 15.3. The largest absolute Gasteiger partial charge is 0.399 e. The van der Waals surface area contributed by atoms with Gasteiger partial charge in [-0.1, -0.05) is 221 Å². The highest BCUT2D eigenvalue weighted by Gasteiger charge is 2.53. The molecule has 0 amide bonds. The van der Waals surface area contributed by atoms with Crippen LogP contribution in [0.4, 0.5) is 17.1 Å². The number of nitrogens with two attached hydrogens (primary N) is 1. The Hall–Kier alpha value is -7.68. The van der Waals surface area contributed by atoms with Crippen molar-refractivity contribution in [2.75, 3.05) is 11.1 Å². The molecule has 1 spiro atoms. The Bertz CT molecular complexity index is 3110. The Morgan fingerprint density at radius 3 is 2.05 bits per heavy atom. The first-order chi connectivity index (χ1) is 31.6. The van der Waals surface area contributed by atoms with Crippen LogP contribution in [-0.4, -0.2) is 0 Å². The summed E-state index contributed by atoms with van der Waals surface area (Å²) in [4.78, 5) is 0. The Balaban J connectivity index is 0.000000143. The smallest absolute Gasteiger partial charge is 0.0723 e. The van der Waals surface area contributed by atoms with Crippen molar-refractivity contribution >= 4 is 52.1 Å². The van der Waals surface area contributed by atoms with Crippen LogP contribution in [0.1, 0.15) is 60.6 Å². The molecule has 12 rings (SSSR count). The third kappa shape index (κ3) is 8.43. The second kappa shape index (κ2) is 20.0. The number of benzene rings is 8. The Kier molecular flexibility index (Phi) is 13.4. The molecular weight excluding hydrogens is 773 g/mol. The maximum Gasteiger partial charge on any atom is 0.0723 e. The molecule has 64 heavy (non-hydrogen) atoms. The first-order valence-corrected chi connectivity index (χ1v) is 22.5. The highest BCUT2D eigenvalue weighted by atomic mass is 14.9. The number of hydrogen-bond acceptors (Lipinski definition) is 2. The molecule has 1 atom stereocenters. The van der Waals surface area contributed by atoms with Crippen LogP contribution in [0.15, 0.2) is 224 Å². The van der Waals surface area contributed by atoms with E-state index in [9.17, 15) is 0 Å². The van der Waals surface area contributed by atoms with Gasteiger partial charge in [0.05, 0.1) is 5.41 Å². The molecule has 4 aliphatic carbocycles. The van der Waals surface area contributed by atoms with Crippen LogP contribution in [-0.2, 0) is 11.8 Å². The SMILES string of the molecule is C1=Cc2ccc3ccccc3c2C1.C=c1cccc/c1=C/C=C\C.CC.Nc1ccc2c(c1)C1(C3=C2CC=C3)c2ccccc2-c2c(Nc3ccccc3)cccc21.c1ccccc1. The van der Waals surface area contributed by atoms with Gasteiger partial charge in [-0.05, 0) is 121 Å². The summed E-state index contributed by atoms with van der Waals surface area (Å²) in [5, 5.41) is 8.71. The van der Waals surface area contributed by atoms with Crippen LogP contribution >= 0.6 is 0 Å². The van der Waals surface area contributed by atoms with Gasteiger partial charge in [-0.3, -0.25) is 0 Å². The summed E-state index contributed by atoms with van der Waals surface area (Å²) < 4.78 is 0. The molecule has 0 saturated carbocycles. The summed E-state index contributed by atoms with van der Waals surface area (Å²) >= 11 is 0. The summed E-state index contributed by atoms with van der Waals surface area (Å²) in [5.41, 5.74) is 22.7. The van der Waals surface area contributed by atoms with Gasteiger partial charge in [-0.15, -0.1) is 0 Å². The molecule has 8 aromatic rings. The summed E-state index contributed by atoms with van der Waals surface area (Å²) in [5.74, 6) is 0. The molecule has 2 nitrogen and oxygen atoms in total. The van der Waals surface area contributed by atoms with Crippen molar-refractivity contribution in [2.45, 2.75) is 39.0 Å². The number of nitrogen functional groups attached to an aromatic ring is 1. The van der Waals surface area contributed by atoms with E-state index in [1.165, 1.54) is 71.6 Å². The molecule has 4 aliphatic rings. The molecule has 3 N–H and O–H groups in total. The molecule has 314 valence electrons. The van der Waals surface area contributed by atoms with E-state index < -0.39 is 0 Å². The van der Waals surface area contributed by atoms with E-state index in [1.807, 2.05) is 99.7 Å². The topological polar surface area (TPSA) is 38.0 Å². The maximum atomic E-state index is 6.36. The molecule has 1 unspecified atom stereocenters. The van der Waals surface area contributed by atoms with E-state index >= 15 is 0 Å². The molecular formula is C62H56N2. The average molecular weight is 829 g/mol. The van der Waals surface area contributed by atoms with Gasteiger partial charge < -0.3 is 11.1 Å². The van der Waals surface area contributed by atoms with Crippen molar-refractivity contribution in [3.05, 3.63) is 268 Å². The van der Waals surface area contributed by atoms with Crippen molar-refractivity contribution in [1.29, 1.82) is 0 Å². The zero-order valence-electron chi connectivity index (χ0n) is 37.1. The Morgan fingerprint density at radius 2 is 1.27 bits per heavy atom. The zero-order valence-corrected chi connectivity index (χ0v) is 37.1. The third-order valence-corrected chi connectivity index (χ3v) is 12.1. The molecule has 0 aliphatic heterocycles. The highest BCUT2D eigenvalue weighted by Crippen LogP contribution is 2.65. The van der Waals surface area contributed by atoms with Gasteiger partial charge in [0.25, 0.3) is 0 Å². The maximum absolute atomic E-state index is 6.36. The van der Waals surface area contributed by atoms with E-state index in [1.54, 1.807) is 0 Å². The number of para-hydroxylation sites is 1. The number of fused-ring (bicyclic) bond motifs is 12. The van der Waals surface area contributed by atoms with Crippen LogP contribution in [0, 0.1) is 0 Å². The van der Waals surface area contributed by atoms with E-state index in [0.29, 0.717) is 0 Å². The fourth-order valence-electron chi connectivity index (χ4n) is 9.40. The lowest BCUT2D eigenvalue weighted by atomic mass is 9.69. The second-order valence-corrected chi connectivity index (χ2v) is 15.8. The number of allylic oxidation sites excluding steroid dienone is 7. The van der Waals surface area contributed by atoms with Gasteiger partial charge >= 0.3 is 0 Å². The lowest BCUT2D eigenvalue weighted by Crippen LogP contribution is -2.26. The predicted molar refractivity (Wildman–Crippen MR) is 278 cm³/mol. The van der Waals surface area contributed by atoms with Gasteiger partial charge in [0.1, 0.15) is 0 Å². The van der Waals surface area contributed by atoms with E-state index in [0.717, 1.165) is 35.1 Å². The number of nitrogens with one attached hydrogen (secondary N) is 1. The highest BCUT2D eigenvalue weighted by molar-refractivity contribution is 6.01. The fourth-order valence-corrected chi connectivity index (χ4v) is 9.40. The molecule has 0 saturated heterocycles. The van der Waals surface area contributed by atoms with Crippen LogP contribution in [0.2, 0.25) is 0 Å². The van der Waals surface area contributed by atoms with Gasteiger partial charge in [-0.25, -0.2) is 0 Å². The van der Waals surface area contributed by atoms with Crippen molar-refractivity contribution < 1.29 is 0 Å². The van der Waals surface area contributed by atoms with E-state index in [4.69, 9.17) is 5.73 Å². The Labute approximate surface area is 379 Å². The van der Waals surface area contributed by atoms with Crippen LogP contribution in [0.3, 0.4) is 0 Å². The van der Waals surface area contributed by atoms with E-state index in [2.05, 4.69) is 164 Å². The summed E-state index contributed by atoms with van der Waals surface area (Å²) in [6.07, 6.45) is 17.2. The lowest BCUT2D eigenvalue weighted by molar-refractivity contribution is 0.788. The van der Waals surface area contributed by atoms with Crippen molar-refractivity contribution in [3.8, 4) is 11.1 Å². The van der Waals surface area contributed by atoms with Gasteiger partial charge in [0.15, 0.2) is 0 Å². The molecule has 0 bridgehead atoms. The monoisotopic (exact) mass is 828 g/mol. The standard InChI is InChI=1S/C30H22N2.C13H10.C11H12.C6H6.C2H6/c31-19-16-17-22-21-11-6-13-24(21)30(27(22)18-19)25-12-5-4-10-23(25)29-26(30)14-7-15-28(29)32-20-8-2-1-3-9-20;1-2-6-12-10(4-1)8-9-11-5-3-7-13(11)12;1-3-4-8-11-9-6-5-7-10(11)2;1-2-4-6-5-3-1;1-2/h1-10,12-18,32H,11,31H2;1-6,8-9H,7H2;3-9H,2H2,1H3;1-6H;1-2H3/b;;4-3-,11-8-;;. The minimum absolute atomic E-state index is 0.312. The number of hydrogen-bond donors (Lipinski definition) is 2. The average Bonchev–Trinajstić information content (AvgIpc) is 4.16. The fraction of sp³-hybridized carbons (Fsp3) is 0.0968. The summed E-state index contributed by atoms with van der Waals surface area (Å²) in [7, 11) is 0. The summed E-state index contributed by atoms with van der Waals surface area (Å²) in [6.45, 7) is 9.91. The molecule has 0 heterocycles. The van der Waals surface area contributed by atoms with Crippen molar-refractivity contribution in [2.24, 2.45) is 0 Å². The quantitative estimate of drug-likeness (QED) is 0.174. The van der Waals surface area contributed by atoms with Crippen molar-refractivity contribution in [3.63, 3.8) is 0 Å². The predicted octanol–water partition coefficient (Wildman–Crippen LogP) is 14.6. The molecule has 8 aromatic carbocycles. The summed E-state index contributed by atoms with van der Waals surface area (Å²) in [6, 6.07) is 65.5. The lowest BCUT2D eigenvalue weighted by Gasteiger charge is -2.31.